The Hall–Kier alpha value is -0.240. The van der Waals surface area contributed by atoms with Crippen LogP contribution in [0.2, 0.25) is 0 Å². The molecule has 0 spiro atoms. The van der Waals surface area contributed by atoms with Crippen LogP contribution in [0.4, 0.5) is 0 Å². The van der Waals surface area contributed by atoms with Crippen LogP contribution in [0.25, 0.3) is 0 Å². The molecule has 0 aromatic carbocycles. The van der Waals surface area contributed by atoms with Gasteiger partial charge < -0.3 is 29.2 Å². The summed E-state index contributed by atoms with van der Waals surface area (Å²) in [5.41, 5.74) is 0. The molecule has 0 rings (SSSR count). The molecule has 2 N–H and O–H groups in total. The van der Waals surface area contributed by atoms with Gasteiger partial charge in [0.1, 0.15) is 0 Å². The summed E-state index contributed by atoms with van der Waals surface area (Å²) in [6, 6.07) is 0. The first-order valence-electron chi connectivity index (χ1n) is 5.51. The van der Waals surface area contributed by atoms with Gasteiger partial charge >= 0.3 is 0 Å². The van der Waals surface area contributed by atoms with Crippen molar-refractivity contribution in [1.29, 1.82) is 0 Å². The maximum atomic E-state index is 8.09. The van der Waals surface area contributed by atoms with E-state index >= 15 is 0 Å². The molecule has 0 atom stereocenters. The Bertz CT molecular complexity index is 82.0. The van der Waals surface area contributed by atoms with Crippen LogP contribution in [-0.2, 0) is 18.9 Å². The second-order valence-electron chi connectivity index (χ2n) is 2.62. The van der Waals surface area contributed by atoms with E-state index in [9.17, 15) is 0 Å². The van der Waals surface area contributed by atoms with Crippen molar-refractivity contribution in [3.05, 3.63) is 0 Å². The minimum Gasteiger partial charge on any atom is -0.394 e. The van der Waals surface area contributed by atoms with Crippen molar-refractivity contribution in [2.75, 3.05) is 67.6 Å². The van der Waals surface area contributed by atoms with E-state index in [1.807, 2.05) is 6.92 Å². The van der Waals surface area contributed by atoms with Crippen molar-refractivity contribution >= 4 is 0 Å². The van der Waals surface area contributed by atoms with Crippen LogP contribution in [-0.4, -0.2) is 77.8 Å². The number of ether oxygens (including phenoxy) is 4. The zero-order valence-corrected chi connectivity index (χ0v) is 11.5. The minimum atomic E-state index is 0.0278. The molecule has 0 amide bonds. The highest BCUT2D eigenvalue weighted by Crippen LogP contribution is 1.68. The van der Waals surface area contributed by atoms with Gasteiger partial charge in [0.25, 0.3) is 0 Å². The molecule has 0 aliphatic rings. The third kappa shape index (κ3) is 49.6. The van der Waals surface area contributed by atoms with Gasteiger partial charge in [0.15, 0.2) is 0 Å². The number of methoxy groups -OCH3 is 3. The maximum absolute atomic E-state index is 8.09. The Labute approximate surface area is 104 Å². The molecule has 0 saturated carbocycles. The lowest BCUT2D eigenvalue weighted by Crippen LogP contribution is -2.03. The van der Waals surface area contributed by atoms with E-state index in [1.165, 1.54) is 0 Å². The van der Waals surface area contributed by atoms with Crippen LogP contribution in [0.1, 0.15) is 6.92 Å². The van der Waals surface area contributed by atoms with Gasteiger partial charge in [-0.3, -0.25) is 0 Å². The van der Waals surface area contributed by atoms with Crippen LogP contribution in [0.5, 0.6) is 0 Å². The summed E-state index contributed by atoms with van der Waals surface area (Å²) in [4.78, 5) is 0. The molecule has 0 unspecified atom stereocenters. The highest BCUT2D eigenvalue weighted by atomic mass is 16.5. The van der Waals surface area contributed by atoms with Gasteiger partial charge in [-0.2, -0.15) is 0 Å². The quantitative estimate of drug-likeness (QED) is 0.592. The van der Waals surface area contributed by atoms with Crippen molar-refractivity contribution < 1.29 is 29.2 Å². The molecule has 0 aromatic heterocycles. The van der Waals surface area contributed by atoms with E-state index in [4.69, 9.17) is 10.2 Å². The van der Waals surface area contributed by atoms with Crippen LogP contribution in [0, 0.1) is 0 Å². The van der Waals surface area contributed by atoms with Crippen LogP contribution < -0.4 is 0 Å². The Morgan fingerprint density at radius 3 is 1.24 bits per heavy atom. The fourth-order valence-corrected chi connectivity index (χ4v) is 0.398. The van der Waals surface area contributed by atoms with Gasteiger partial charge in [-0.1, -0.05) is 0 Å². The number of hydrogen-bond donors (Lipinski definition) is 2. The smallest absolute Gasteiger partial charge is 0.0698 e. The van der Waals surface area contributed by atoms with Gasteiger partial charge in [0.2, 0.25) is 0 Å². The van der Waals surface area contributed by atoms with Gasteiger partial charge in [0, 0.05) is 27.9 Å². The molecule has 0 aliphatic heterocycles. The number of aliphatic hydroxyl groups excluding tert-OH is 2. The van der Waals surface area contributed by atoms with Crippen LogP contribution >= 0.6 is 0 Å². The summed E-state index contributed by atoms with van der Waals surface area (Å²) >= 11 is 0. The molecular weight excluding hydrogens is 228 g/mol. The molecule has 6 nitrogen and oxygen atoms in total. The zero-order chi connectivity index (χ0) is 13.8. The Balaban J connectivity index is -0.000000180. The first kappa shape index (κ1) is 22.0. The van der Waals surface area contributed by atoms with Crippen molar-refractivity contribution in [3.8, 4) is 0 Å². The summed E-state index contributed by atoms with van der Waals surface area (Å²) < 4.78 is 18.5. The van der Waals surface area contributed by atoms with Crippen molar-refractivity contribution in [2.45, 2.75) is 6.92 Å². The molecule has 6 heteroatoms. The summed E-state index contributed by atoms with van der Waals surface area (Å²) in [5, 5.41) is 16.2. The first-order chi connectivity index (χ1) is 8.24. The first-order valence-corrected chi connectivity index (χ1v) is 5.51. The molecule has 0 fully saturated rings. The summed E-state index contributed by atoms with van der Waals surface area (Å²) in [7, 11) is 4.98. The average Bonchev–Trinajstić information content (AvgIpc) is 2.38. The second-order valence-corrected chi connectivity index (χ2v) is 2.62. The predicted octanol–water partition coefficient (Wildman–Crippen LogP) is -0.0805. The fraction of sp³-hybridized carbons (Fsp3) is 1.00. The van der Waals surface area contributed by atoms with E-state index in [0.29, 0.717) is 26.4 Å². The molecule has 0 aromatic rings. The standard InChI is InChI=1S/C4H10O3.C4H10O2.C3H8O/c5-1-3-7-4-2-6;1-5-3-4-6-2;1-3-4-2/h5-6H,1-4H2;3-4H2,1-2H3;3H2,1-2H3. The lowest BCUT2D eigenvalue weighted by atomic mass is 10.7. The number of rotatable bonds is 8. The summed E-state index contributed by atoms with van der Waals surface area (Å²) in [6.07, 6.45) is 0. The lowest BCUT2D eigenvalue weighted by Gasteiger charge is -1.94. The lowest BCUT2D eigenvalue weighted by molar-refractivity contribution is 0.0650. The predicted molar refractivity (Wildman–Crippen MR) is 66.3 cm³/mol. The van der Waals surface area contributed by atoms with Gasteiger partial charge in [-0.05, 0) is 6.92 Å². The Morgan fingerprint density at radius 1 is 0.706 bits per heavy atom. The van der Waals surface area contributed by atoms with Crippen molar-refractivity contribution in [2.24, 2.45) is 0 Å². The third-order valence-corrected chi connectivity index (χ3v) is 1.25. The van der Waals surface area contributed by atoms with Crippen LogP contribution in [0.3, 0.4) is 0 Å². The molecule has 108 valence electrons. The maximum Gasteiger partial charge on any atom is 0.0698 e. The minimum absolute atomic E-state index is 0.0278. The largest absolute Gasteiger partial charge is 0.394 e. The van der Waals surface area contributed by atoms with Gasteiger partial charge in [-0.15, -0.1) is 0 Å². The topological polar surface area (TPSA) is 77.4 Å². The monoisotopic (exact) mass is 256 g/mol. The van der Waals surface area contributed by atoms with Crippen molar-refractivity contribution in [1.82, 2.24) is 0 Å². The SMILES string of the molecule is CCOC.COCCOC.OCCOCCO. The van der Waals surface area contributed by atoms with Crippen molar-refractivity contribution in [3.63, 3.8) is 0 Å². The Morgan fingerprint density at radius 2 is 1.06 bits per heavy atom. The molecular formula is C11H28O6. The Kier molecular flexibility index (Phi) is 38.4. The van der Waals surface area contributed by atoms with Crippen LogP contribution in [0.15, 0.2) is 0 Å². The third-order valence-electron chi connectivity index (χ3n) is 1.25. The molecule has 0 radical (unpaired) electrons. The highest BCUT2D eigenvalue weighted by molar-refractivity contribution is 4.24. The second kappa shape index (κ2) is 29.7. The summed E-state index contributed by atoms with van der Waals surface area (Å²) in [6.45, 7) is 4.86. The molecule has 0 aliphatic carbocycles. The molecule has 0 saturated heterocycles. The highest BCUT2D eigenvalue weighted by Gasteiger charge is 1.79. The average molecular weight is 256 g/mol. The number of hydrogen-bond acceptors (Lipinski definition) is 6. The van der Waals surface area contributed by atoms with E-state index in [-0.39, 0.29) is 13.2 Å². The normalized spacial score (nSPS) is 8.82. The zero-order valence-electron chi connectivity index (χ0n) is 11.5. The van der Waals surface area contributed by atoms with Gasteiger partial charge in [0.05, 0.1) is 39.6 Å². The van der Waals surface area contributed by atoms with E-state index in [0.717, 1.165) is 6.61 Å². The molecule has 0 heterocycles. The van der Waals surface area contributed by atoms with Gasteiger partial charge in [-0.25, -0.2) is 0 Å². The number of aliphatic hydroxyl groups is 2. The molecule has 0 bridgehead atoms. The van der Waals surface area contributed by atoms with E-state index in [2.05, 4.69) is 18.9 Å². The van der Waals surface area contributed by atoms with E-state index < -0.39 is 0 Å². The summed E-state index contributed by atoms with van der Waals surface area (Å²) in [5.74, 6) is 0. The van der Waals surface area contributed by atoms with E-state index in [1.54, 1.807) is 21.3 Å². The molecule has 17 heavy (non-hydrogen) atoms. The fourth-order valence-electron chi connectivity index (χ4n) is 0.398.